The Bertz CT molecular complexity index is 863. The molecule has 0 atom stereocenters. The van der Waals surface area contributed by atoms with Crippen molar-refractivity contribution < 1.29 is 4.74 Å². The fourth-order valence-corrected chi connectivity index (χ4v) is 3.34. The molecule has 0 spiro atoms. The Labute approximate surface area is 192 Å². The number of nitrogens with zero attached hydrogens (tertiary/aromatic N) is 4. The maximum atomic E-state index is 5.21. The highest BCUT2D eigenvalue weighted by Gasteiger charge is 2.04. The fourth-order valence-electron chi connectivity index (χ4n) is 2.69. The Hall–Kier alpha value is -2.14. The van der Waals surface area contributed by atoms with E-state index in [9.17, 15) is 0 Å². The lowest BCUT2D eigenvalue weighted by molar-refractivity contribution is 0.414. The summed E-state index contributed by atoms with van der Waals surface area (Å²) in [6, 6.07) is 12.1. The molecular formula is C20H27IN6OS. The van der Waals surface area contributed by atoms with Gasteiger partial charge in [-0.05, 0) is 29.1 Å². The van der Waals surface area contributed by atoms with Crippen LogP contribution in [0.5, 0.6) is 5.75 Å². The lowest BCUT2D eigenvalue weighted by Gasteiger charge is -2.13. The number of aryl methyl sites for hydroxylation is 1. The molecule has 0 aliphatic heterocycles. The smallest absolute Gasteiger partial charge is 0.191 e. The molecule has 7 nitrogen and oxygen atoms in total. The minimum Gasteiger partial charge on any atom is -0.497 e. The third-order valence-corrected chi connectivity index (χ3v) is 5.12. The minimum atomic E-state index is 0. The Morgan fingerprint density at radius 3 is 2.72 bits per heavy atom. The van der Waals surface area contributed by atoms with Gasteiger partial charge in [0.2, 0.25) is 0 Å². The van der Waals surface area contributed by atoms with Gasteiger partial charge in [-0.2, -0.15) is 0 Å². The van der Waals surface area contributed by atoms with Crippen LogP contribution in [0, 0.1) is 0 Å². The van der Waals surface area contributed by atoms with E-state index in [1.165, 1.54) is 4.88 Å². The van der Waals surface area contributed by atoms with Crippen molar-refractivity contribution >= 4 is 41.3 Å². The van der Waals surface area contributed by atoms with E-state index in [1.54, 1.807) is 24.8 Å². The maximum Gasteiger partial charge on any atom is 0.191 e. The van der Waals surface area contributed by atoms with E-state index in [4.69, 9.17) is 9.73 Å². The highest BCUT2D eigenvalue weighted by atomic mass is 127. The molecule has 9 heteroatoms. The second-order valence-electron chi connectivity index (χ2n) is 6.17. The normalized spacial score (nSPS) is 11.0. The molecule has 156 valence electrons. The molecule has 0 radical (unpaired) electrons. The molecule has 2 N–H and O–H groups in total. The molecule has 0 saturated carbocycles. The maximum absolute atomic E-state index is 5.21. The number of rotatable bonds is 9. The fraction of sp³-hybridized carbons (Fsp3) is 0.350. The predicted octanol–water partition coefficient (Wildman–Crippen LogP) is 3.46. The summed E-state index contributed by atoms with van der Waals surface area (Å²) in [5.74, 6) is 2.63. The third-order valence-electron chi connectivity index (χ3n) is 4.25. The zero-order valence-corrected chi connectivity index (χ0v) is 19.8. The van der Waals surface area contributed by atoms with E-state index in [1.807, 2.05) is 24.3 Å². The number of guanidine groups is 1. The van der Waals surface area contributed by atoms with Crippen LogP contribution >= 0.6 is 35.3 Å². The molecular weight excluding hydrogens is 499 g/mol. The summed E-state index contributed by atoms with van der Waals surface area (Å²) in [5.41, 5.74) is 1.13. The van der Waals surface area contributed by atoms with Gasteiger partial charge in [0, 0.05) is 24.4 Å². The van der Waals surface area contributed by atoms with E-state index < -0.39 is 0 Å². The van der Waals surface area contributed by atoms with E-state index in [0.717, 1.165) is 49.2 Å². The minimum absolute atomic E-state index is 0. The first-order chi connectivity index (χ1) is 13.8. The van der Waals surface area contributed by atoms with Gasteiger partial charge in [-0.15, -0.1) is 45.5 Å². The van der Waals surface area contributed by atoms with Crippen LogP contribution < -0.4 is 15.4 Å². The van der Waals surface area contributed by atoms with Crippen molar-refractivity contribution in [2.24, 2.45) is 4.99 Å². The molecule has 3 rings (SSSR count). The van der Waals surface area contributed by atoms with Crippen LogP contribution in [0.2, 0.25) is 0 Å². The van der Waals surface area contributed by atoms with Crippen LogP contribution in [0.25, 0.3) is 0 Å². The highest BCUT2D eigenvalue weighted by molar-refractivity contribution is 14.0. The Kier molecular flexibility index (Phi) is 9.92. The van der Waals surface area contributed by atoms with E-state index >= 15 is 0 Å². The van der Waals surface area contributed by atoms with Crippen molar-refractivity contribution in [3.8, 4) is 5.75 Å². The van der Waals surface area contributed by atoms with Crippen LogP contribution in [-0.2, 0) is 26.1 Å². The summed E-state index contributed by atoms with van der Waals surface area (Å²) in [6.07, 6.45) is 2.64. The van der Waals surface area contributed by atoms with E-state index in [0.29, 0.717) is 6.54 Å². The van der Waals surface area contributed by atoms with Crippen molar-refractivity contribution in [2.45, 2.75) is 33.0 Å². The van der Waals surface area contributed by atoms with Gasteiger partial charge >= 0.3 is 0 Å². The number of halogens is 1. The number of nitrogens with one attached hydrogen (secondary N) is 2. The summed E-state index contributed by atoms with van der Waals surface area (Å²) in [4.78, 5) is 6.00. The zero-order chi connectivity index (χ0) is 19.6. The number of hydrogen-bond donors (Lipinski definition) is 2. The van der Waals surface area contributed by atoms with Gasteiger partial charge < -0.3 is 19.9 Å². The molecule has 0 aliphatic carbocycles. The molecule has 3 aromatic rings. The van der Waals surface area contributed by atoms with Gasteiger partial charge in [0.1, 0.15) is 17.9 Å². The molecule has 2 heterocycles. The van der Waals surface area contributed by atoms with Crippen LogP contribution in [0.4, 0.5) is 0 Å². The number of methoxy groups -OCH3 is 1. The van der Waals surface area contributed by atoms with Gasteiger partial charge in [0.15, 0.2) is 5.96 Å². The van der Waals surface area contributed by atoms with Gasteiger partial charge in [0.25, 0.3) is 0 Å². The SMILES string of the molecule is CCc1nncn1CCNC(=NCc1ccc(OC)cc1)NCc1cccs1.I. The molecule has 2 aromatic heterocycles. The van der Waals surface area contributed by atoms with Crippen molar-refractivity contribution in [3.05, 3.63) is 64.4 Å². The first-order valence-corrected chi connectivity index (χ1v) is 10.2. The molecule has 29 heavy (non-hydrogen) atoms. The van der Waals surface area contributed by atoms with Crippen molar-refractivity contribution in [1.29, 1.82) is 0 Å². The lowest BCUT2D eigenvalue weighted by Crippen LogP contribution is -2.38. The first kappa shape index (κ1) is 23.1. The first-order valence-electron chi connectivity index (χ1n) is 9.32. The van der Waals surface area contributed by atoms with Gasteiger partial charge in [0.05, 0.1) is 20.2 Å². The monoisotopic (exact) mass is 526 g/mol. The summed E-state index contributed by atoms with van der Waals surface area (Å²) >= 11 is 1.73. The molecule has 0 unspecified atom stereocenters. The quantitative estimate of drug-likeness (QED) is 0.254. The summed E-state index contributed by atoms with van der Waals surface area (Å²) in [5, 5.41) is 17.0. The van der Waals surface area contributed by atoms with Crippen molar-refractivity contribution in [3.63, 3.8) is 0 Å². The average Bonchev–Trinajstić information content (AvgIpc) is 3.41. The Morgan fingerprint density at radius 1 is 1.21 bits per heavy atom. The topological polar surface area (TPSA) is 76.4 Å². The number of aromatic nitrogens is 3. The van der Waals surface area contributed by atoms with Crippen LogP contribution in [0.1, 0.15) is 23.2 Å². The number of aliphatic imine (C=N–C) groups is 1. The number of thiophene rings is 1. The summed E-state index contributed by atoms with van der Waals surface area (Å²) in [7, 11) is 1.67. The highest BCUT2D eigenvalue weighted by Crippen LogP contribution is 2.12. The standard InChI is InChI=1S/C20H26N6OS.HI/c1-3-19-25-24-15-26(19)11-10-21-20(23-14-18-5-4-12-28-18)22-13-16-6-8-17(27-2)9-7-16;/h4-9,12,15H,3,10-11,13-14H2,1-2H3,(H2,21,22,23);1H. The molecule has 0 fully saturated rings. The number of ether oxygens (including phenoxy) is 1. The van der Waals surface area contributed by atoms with Crippen LogP contribution in [0.15, 0.2) is 53.1 Å². The third kappa shape index (κ3) is 7.32. The molecule has 0 bridgehead atoms. The van der Waals surface area contributed by atoms with Crippen molar-refractivity contribution in [2.75, 3.05) is 13.7 Å². The van der Waals surface area contributed by atoms with E-state index in [2.05, 4.69) is 49.8 Å². The Morgan fingerprint density at radius 2 is 2.03 bits per heavy atom. The largest absolute Gasteiger partial charge is 0.497 e. The van der Waals surface area contributed by atoms with Gasteiger partial charge in [-0.1, -0.05) is 25.1 Å². The van der Waals surface area contributed by atoms with Crippen LogP contribution in [0.3, 0.4) is 0 Å². The average molecular weight is 526 g/mol. The zero-order valence-electron chi connectivity index (χ0n) is 16.7. The van der Waals surface area contributed by atoms with Crippen molar-refractivity contribution in [1.82, 2.24) is 25.4 Å². The molecule has 1 aromatic carbocycles. The lowest BCUT2D eigenvalue weighted by atomic mass is 10.2. The molecule has 0 saturated heterocycles. The second kappa shape index (κ2) is 12.4. The Balaban J connectivity index is 0.00000300. The summed E-state index contributed by atoms with van der Waals surface area (Å²) in [6.45, 7) is 4.95. The molecule has 0 aliphatic rings. The second-order valence-corrected chi connectivity index (χ2v) is 7.20. The van der Waals surface area contributed by atoms with Gasteiger partial charge in [-0.3, -0.25) is 0 Å². The van der Waals surface area contributed by atoms with Crippen LogP contribution in [-0.4, -0.2) is 34.4 Å². The summed E-state index contributed by atoms with van der Waals surface area (Å²) < 4.78 is 7.27. The predicted molar refractivity (Wildman–Crippen MR) is 128 cm³/mol. The number of hydrogen-bond acceptors (Lipinski definition) is 5. The molecule has 0 amide bonds. The van der Waals surface area contributed by atoms with E-state index in [-0.39, 0.29) is 24.0 Å². The van der Waals surface area contributed by atoms with Gasteiger partial charge in [-0.25, -0.2) is 4.99 Å². The number of benzene rings is 1.